The number of hydrogen-bond acceptors (Lipinski definition) is 8. The number of aromatic nitrogens is 5. The molecular weight excluding hydrogens is 491 g/mol. The van der Waals surface area contributed by atoms with E-state index in [4.69, 9.17) is 9.47 Å². The van der Waals surface area contributed by atoms with E-state index >= 15 is 0 Å². The molecule has 0 aromatic carbocycles. The zero-order chi connectivity index (χ0) is 26.5. The van der Waals surface area contributed by atoms with Gasteiger partial charge in [0.2, 0.25) is 11.8 Å². The molecule has 1 amide bonds. The number of halogens is 3. The number of alkyl halides is 2. The van der Waals surface area contributed by atoms with Gasteiger partial charge in [0.1, 0.15) is 12.4 Å². The molecule has 1 spiro atoms. The highest BCUT2D eigenvalue weighted by atomic mass is 19.3. The molecule has 2 aliphatic rings. The number of likely N-dealkylation sites (tertiary alicyclic amines) is 1. The van der Waals surface area contributed by atoms with Gasteiger partial charge in [-0.1, -0.05) is 0 Å². The molecule has 0 bridgehead atoms. The van der Waals surface area contributed by atoms with Crippen LogP contribution in [0.2, 0.25) is 0 Å². The fraction of sp³-hybridized carbons (Fsp3) is 0.458. The fourth-order valence-electron chi connectivity index (χ4n) is 4.78. The second-order valence-corrected chi connectivity index (χ2v) is 9.36. The molecule has 1 N–H and O–H groups in total. The number of ether oxygens (including phenoxy) is 2. The van der Waals surface area contributed by atoms with Crippen molar-refractivity contribution < 1.29 is 27.4 Å². The normalized spacial score (nSPS) is 19.5. The SMILES string of the molecule is COc1cc([C@@H](C)C(=O)N2CC[C@@]3(COc4cc(-c5nc(C(F)F)n(C)n5)c(C)nc4N3)C2)c(F)cn1. The Bertz CT molecular complexity index is 1370. The van der Waals surface area contributed by atoms with Gasteiger partial charge in [0, 0.05) is 37.3 Å². The van der Waals surface area contributed by atoms with Crippen molar-refractivity contribution in [1.29, 1.82) is 0 Å². The van der Waals surface area contributed by atoms with E-state index in [1.54, 1.807) is 24.8 Å². The lowest BCUT2D eigenvalue weighted by Crippen LogP contribution is -2.50. The zero-order valence-corrected chi connectivity index (χ0v) is 20.8. The van der Waals surface area contributed by atoms with E-state index in [2.05, 4.69) is 25.4 Å². The topological polar surface area (TPSA) is 107 Å². The Morgan fingerprint density at radius 1 is 1.30 bits per heavy atom. The van der Waals surface area contributed by atoms with Crippen molar-refractivity contribution in [2.75, 3.05) is 32.1 Å². The number of nitrogens with one attached hydrogen (secondary N) is 1. The zero-order valence-electron chi connectivity index (χ0n) is 20.8. The van der Waals surface area contributed by atoms with Crippen LogP contribution in [0.1, 0.15) is 42.8 Å². The Labute approximate surface area is 210 Å². The summed E-state index contributed by atoms with van der Waals surface area (Å²) >= 11 is 0. The molecule has 2 atom stereocenters. The van der Waals surface area contributed by atoms with Gasteiger partial charge >= 0.3 is 0 Å². The quantitative estimate of drug-likeness (QED) is 0.550. The first-order valence-electron chi connectivity index (χ1n) is 11.7. The van der Waals surface area contributed by atoms with E-state index < -0.39 is 29.5 Å². The van der Waals surface area contributed by atoms with Crippen LogP contribution in [0.3, 0.4) is 0 Å². The lowest BCUT2D eigenvalue weighted by atomic mass is 9.97. The molecule has 1 fully saturated rings. The maximum Gasteiger partial charge on any atom is 0.297 e. The number of hydrogen-bond donors (Lipinski definition) is 1. The number of carbonyl (C=O) groups excluding carboxylic acids is 1. The van der Waals surface area contributed by atoms with Gasteiger partial charge < -0.3 is 19.7 Å². The summed E-state index contributed by atoms with van der Waals surface area (Å²) < 4.78 is 52.9. The van der Waals surface area contributed by atoms with Crippen molar-refractivity contribution in [2.45, 2.75) is 38.2 Å². The summed E-state index contributed by atoms with van der Waals surface area (Å²) in [6, 6.07) is 3.12. The lowest BCUT2D eigenvalue weighted by Gasteiger charge is -2.36. The van der Waals surface area contributed by atoms with Crippen molar-refractivity contribution in [3.8, 4) is 23.0 Å². The first-order valence-corrected chi connectivity index (χ1v) is 11.7. The lowest BCUT2D eigenvalue weighted by molar-refractivity contribution is -0.131. The van der Waals surface area contributed by atoms with Crippen LogP contribution in [-0.4, -0.2) is 67.9 Å². The highest BCUT2D eigenvalue weighted by Gasteiger charge is 2.45. The standard InChI is InChI=1S/C24H26F3N7O3/c1-12(14-8-18(36-4)28-9-16(14)25)23(35)34-6-5-24(10-34)11-37-17-7-15(13(2)29-21(17)31-24)20-30-22(19(26)27)33(3)32-20/h7-9,12,19H,5-6,10-11H2,1-4H3,(H,29,31)/t12-,24+/m1/s1. The summed E-state index contributed by atoms with van der Waals surface area (Å²) in [5.74, 6) is -0.627. The van der Waals surface area contributed by atoms with Gasteiger partial charge in [-0.3, -0.25) is 4.79 Å². The van der Waals surface area contributed by atoms with Gasteiger partial charge in [0.15, 0.2) is 23.2 Å². The summed E-state index contributed by atoms with van der Waals surface area (Å²) in [6.07, 6.45) is -1.09. The second-order valence-electron chi connectivity index (χ2n) is 9.36. The minimum atomic E-state index is -2.75. The fourth-order valence-corrected chi connectivity index (χ4v) is 4.78. The average Bonchev–Trinajstić information content (AvgIpc) is 3.46. The third-order valence-electron chi connectivity index (χ3n) is 6.87. The summed E-state index contributed by atoms with van der Waals surface area (Å²) in [7, 11) is 2.84. The molecule has 1 saturated heterocycles. The van der Waals surface area contributed by atoms with Crippen molar-refractivity contribution in [3.63, 3.8) is 0 Å². The van der Waals surface area contributed by atoms with Crippen LogP contribution in [0.4, 0.5) is 19.0 Å². The van der Waals surface area contributed by atoms with E-state index in [9.17, 15) is 18.0 Å². The van der Waals surface area contributed by atoms with E-state index in [0.29, 0.717) is 42.3 Å². The number of rotatable bonds is 5. The molecule has 2 aliphatic heterocycles. The van der Waals surface area contributed by atoms with Gasteiger partial charge in [0.05, 0.1) is 30.5 Å². The molecule has 37 heavy (non-hydrogen) atoms. The Morgan fingerprint density at radius 3 is 2.78 bits per heavy atom. The Kier molecular flexibility index (Phi) is 6.16. The van der Waals surface area contributed by atoms with Crippen LogP contribution in [-0.2, 0) is 11.8 Å². The maximum atomic E-state index is 14.4. The Balaban J connectivity index is 1.33. The van der Waals surface area contributed by atoms with Crippen LogP contribution >= 0.6 is 0 Å². The number of amides is 1. The van der Waals surface area contributed by atoms with E-state index in [-0.39, 0.29) is 29.8 Å². The molecule has 0 saturated carbocycles. The average molecular weight is 518 g/mol. The monoisotopic (exact) mass is 517 g/mol. The van der Waals surface area contributed by atoms with Crippen molar-refractivity contribution >= 4 is 11.7 Å². The van der Waals surface area contributed by atoms with Crippen molar-refractivity contribution in [3.05, 3.63) is 41.2 Å². The molecule has 0 radical (unpaired) electrons. The van der Waals surface area contributed by atoms with Crippen LogP contribution in [0.15, 0.2) is 18.3 Å². The third-order valence-corrected chi connectivity index (χ3v) is 6.87. The molecule has 13 heteroatoms. The number of carbonyl (C=O) groups is 1. The number of pyridine rings is 2. The Morgan fingerprint density at radius 2 is 2.08 bits per heavy atom. The summed E-state index contributed by atoms with van der Waals surface area (Å²) in [5, 5.41) is 7.52. The molecule has 10 nitrogen and oxygen atoms in total. The second kappa shape index (κ2) is 9.20. The molecule has 3 aromatic heterocycles. The van der Waals surface area contributed by atoms with E-state index in [0.717, 1.165) is 10.9 Å². The number of aryl methyl sites for hydroxylation is 2. The Hall–Kier alpha value is -3.90. The molecule has 3 aromatic rings. The highest BCUT2D eigenvalue weighted by Crippen LogP contribution is 2.39. The molecule has 5 rings (SSSR count). The van der Waals surface area contributed by atoms with Crippen LogP contribution in [0.25, 0.3) is 11.4 Å². The predicted octanol–water partition coefficient (Wildman–Crippen LogP) is 3.24. The minimum absolute atomic E-state index is 0.140. The number of fused-ring (bicyclic) bond motifs is 1. The summed E-state index contributed by atoms with van der Waals surface area (Å²) in [5.41, 5.74) is 0.689. The van der Waals surface area contributed by atoms with Gasteiger partial charge in [-0.05, 0) is 26.3 Å². The summed E-state index contributed by atoms with van der Waals surface area (Å²) in [4.78, 5) is 27.3. The minimum Gasteiger partial charge on any atom is -0.487 e. The first kappa shape index (κ1) is 24.8. The number of methoxy groups -OCH3 is 1. The van der Waals surface area contributed by atoms with Gasteiger partial charge in [-0.25, -0.2) is 32.8 Å². The first-order chi connectivity index (χ1) is 17.6. The number of nitrogens with zero attached hydrogens (tertiary/aromatic N) is 6. The highest BCUT2D eigenvalue weighted by molar-refractivity contribution is 5.84. The molecule has 0 aliphatic carbocycles. The van der Waals surface area contributed by atoms with Crippen LogP contribution < -0.4 is 14.8 Å². The van der Waals surface area contributed by atoms with Crippen molar-refractivity contribution in [1.82, 2.24) is 29.6 Å². The molecule has 5 heterocycles. The van der Waals surface area contributed by atoms with Crippen LogP contribution in [0, 0.1) is 12.7 Å². The third kappa shape index (κ3) is 4.42. The van der Waals surface area contributed by atoms with E-state index in [1.807, 2.05) is 0 Å². The largest absolute Gasteiger partial charge is 0.487 e. The van der Waals surface area contributed by atoms with Gasteiger partial charge in [-0.15, -0.1) is 0 Å². The van der Waals surface area contributed by atoms with Gasteiger partial charge in [-0.2, -0.15) is 5.10 Å². The van der Waals surface area contributed by atoms with Crippen molar-refractivity contribution in [2.24, 2.45) is 7.05 Å². The summed E-state index contributed by atoms with van der Waals surface area (Å²) in [6.45, 7) is 4.47. The molecule has 196 valence electrons. The predicted molar refractivity (Wildman–Crippen MR) is 126 cm³/mol. The van der Waals surface area contributed by atoms with Gasteiger partial charge in [0.25, 0.3) is 6.43 Å². The molecular formula is C24H26F3N7O3. The van der Waals surface area contributed by atoms with E-state index in [1.165, 1.54) is 20.2 Å². The maximum absolute atomic E-state index is 14.4. The molecule has 0 unspecified atom stereocenters. The number of anilines is 1. The van der Waals surface area contributed by atoms with Crippen LogP contribution in [0.5, 0.6) is 11.6 Å². The smallest absolute Gasteiger partial charge is 0.297 e.